The van der Waals surface area contributed by atoms with E-state index in [0.29, 0.717) is 5.56 Å². The van der Waals surface area contributed by atoms with Crippen LogP contribution in [0.15, 0.2) is 48.5 Å². The molecule has 0 aliphatic heterocycles. The van der Waals surface area contributed by atoms with E-state index in [1.165, 1.54) is 24.3 Å². The second-order valence-corrected chi connectivity index (χ2v) is 4.44. The number of hydrogen-bond donors (Lipinski definition) is 1. The van der Waals surface area contributed by atoms with Crippen molar-refractivity contribution in [1.29, 1.82) is 0 Å². The summed E-state index contributed by atoms with van der Waals surface area (Å²) in [6.07, 6.45) is 0. The first-order chi connectivity index (χ1) is 9.61. The number of carbonyl (C=O) groups excluding carboxylic acids is 1. The topological polar surface area (TPSA) is 38.3 Å². The van der Waals surface area contributed by atoms with E-state index in [2.05, 4.69) is 5.32 Å². The lowest BCUT2D eigenvalue weighted by Gasteiger charge is -2.17. The molecule has 20 heavy (non-hydrogen) atoms. The number of amides is 1. The Labute approximate surface area is 117 Å². The highest BCUT2D eigenvalue weighted by molar-refractivity contribution is 5.94. The standard InChI is InChI=1S/C16H16FNO2/c1-11(14-5-3-4-6-15(14)20-2)18-16(19)12-7-9-13(17)10-8-12/h3-11H,1-2H3,(H,18,19)/t11-/m0/s1. The van der Waals surface area contributed by atoms with Gasteiger partial charge in [-0.05, 0) is 37.3 Å². The first kappa shape index (κ1) is 14.1. The van der Waals surface area contributed by atoms with Gasteiger partial charge in [0.15, 0.2) is 0 Å². The summed E-state index contributed by atoms with van der Waals surface area (Å²) in [5.74, 6) is 0.113. The lowest BCUT2D eigenvalue weighted by atomic mass is 10.1. The molecule has 0 saturated heterocycles. The predicted molar refractivity (Wildman–Crippen MR) is 75.3 cm³/mol. The van der Waals surface area contributed by atoms with Gasteiger partial charge in [0.25, 0.3) is 5.91 Å². The second-order valence-electron chi connectivity index (χ2n) is 4.44. The number of rotatable bonds is 4. The minimum absolute atomic E-state index is 0.205. The molecule has 2 aromatic rings. The smallest absolute Gasteiger partial charge is 0.251 e. The molecule has 0 radical (unpaired) electrons. The number of methoxy groups -OCH3 is 1. The SMILES string of the molecule is COc1ccccc1[C@H](C)NC(=O)c1ccc(F)cc1. The van der Waals surface area contributed by atoms with Crippen LogP contribution in [0.3, 0.4) is 0 Å². The van der Waals surface area contributed by atoms with E-state index in [-0.39, 0.29) is 17.8 Å². The van der Waals surface area contributed by atoms with Gasteiger partial charge in [0.05, 0.1) is 13.2 Å². The number of halogens is 1. The zero-order chi connectivity index (χ0) is 14.5. The summed E-state index contributed by atoms with van der Waals surface area (Å²) in [7, 11) is 1.59. The first-order valence-corrected chi connectivity index (χ1v) is 6.31. The van der Waals surface area contributed by atoms with Gasteiger partial charge in [-0.1, -0.05) is 18.2 Å². The molecule has 3 nitrogen and oxygen atoms in total. The van der Waals surface area contributed by atoms with Gasteiger partial charge in [0.2, 0.25) is 0 Å². The molecule has 0 spiro atoms. The fraction of sp³-hybridized carbons (Fsp3) is 0.188. The van der Waals surface area contributed by atoms with Gasteiger partial charge in [0, 0.05) is 11.1 Å². The Bertz CT molecular complexity index is 596. The summed E-state index contributed by atoms with van der Waals surface area (Å²) < 4.78 is 18.1. The van der Waals surface area contributed by atoms with Gasteiger partial charge >= 0.3 is 0 Å². The van der Waals surface area contributed by atoms with Crippen molar-refractivity contribution < 1.29 is 13.9 Å². The Morgan fingerprint density at radius 1 is 1.15 bits per heavy atom. The number of carbonyl (C=O) groups is 1. The summed E-state index contributed by atoms with van der Waals surface area (Å²) in [5, 5.41) is 2.87. The monoisotopic (exact) mass is 273 g/mol. The number of ether oxygens (including phenoxy) is 1. The number of hydrogen-bond acceptors (Lipinski definition) is 2. The van der Waals surface area contributed by atoms with Crippen molar-refractivity contribution in [2.24, 2.45) is 0 Å². The van der Waals surface area contributed by atoms with Crippen molar-refractivity contribution in [2.75, 3.05) is 7.11 Å². The fourth-order valence-corrected chi connectivity index (χ4v) is 1.98. The highest BCUT2D eigenvalue weighted by Gasteiger charge is 2.14. The van der Waals surface area contributed by atoms with E-state index in [1.807, 2.05) is 31.2 Å². The Morgan fingerprint density at radius 3 is 2.45 bits per heavy atom. The van der Waals surface area contributed by atoms with Crippen LogP contribution in [-0.4, -0.2) is 13.0 Å². The van der Waals surface area contributed by atoms with Gasteiger partial charge in [-0.15, -0.1) is 0 Å². The van der Waals surface area contributed by atoms with Gasteiger partial charge in [0.1, 0.15) is 11.6 Å². The third kappa shape index (κ3) is 3.15. The molecule has 0 unspecified atom stereocenters. The van der Waals surface area contributed by atoms with Gasteiger partial charge in [-0.25, -0.2) is 4.39 Å². The Hall–Kier alpha value is -2.36. The van der Waals surface area contributed by atoms with Crippen molar-refractivity contribution in [3.05, 3.63) is 65.5 Å². The van der Waals surface area contributed by atoms with Crippen molar-refractivity contribution in [1.82, 2.24) is 5.32 Å². The maximum Gasteiger partial charge on any atom is 0.251 e. The number of nitrogens with one attached hydrogen (secondary N) is 1. The average molecular weight is 273 g/mol. The summed E-state index contributed by atoms with van der Waals surface area (Å²) >= 11 is 0. The molecule has 0 aromatic heterocycles. The number of para-hydroxylation sites is 1. The highest BCUT2D eigenvalue weighted by Crippen LogP contribution is 2.24. The molecule has 0 aliphatic carbocycles. The van der Waals surface area contributed by atoms with Gasteiger partial charge < -0.3 is 10.1 Å². The average Bonchev–Trinajstić information content (AvgIpc) is 2.47. The van der Waals surface area contributed by atoms with Crippen LogP contribution in [0.4, 0.5) is 4.39 Å². The van der Waals surface area contributed by atoms with Crippen LogP contribution in [0.2, 0.25) is 0 Å². The van der Waals surface area contributed by atoms with Crippen LogP contribution in [0, 0.1) is 5.82 Å². The van der Waals surface area contributed by atoms with E-state index >= 15 is 0 Å². The molecule has 1 amide bonds. The lowest BCUT2D eigenvalue weighted by Crippen LogP contribution is -2.26. The zero-order valence-electron chi connectivity index (χ0n) is 11.4. The van der Waals surface area contributed by atoms with Gasteiger partial charge in [-0.3, -0.25) is 4.79 Å². The predicted octanol–water partition coefficient (Wildman–Crippen LogP) is 3.33. The van der Waals surface area contributed by atoms with E-state index in [1.54, 1.807) is 7.11 Å². The van der Waals surface area contributed by atoms with Crippen molar-refractivity contribution in [3.8, 4) is 5.75 Å². The van der Waals surface area contributed by atoms with E-state index < -0.39 is 0 Å². The third-order valence-electron chi connectivity index (χ3n) is 3.06. The molecule has 0 saturated carbocycles. The molecule has 1 N–H and O–H groups in total. The molecule has 0 bridgehead atoms. The van der Waals surface area contributed by atoms with E-state index in [4.69, 9.17) is 4.74 Å². The van der Waals surface area contributed by atoms with Crippen LogP contribution >= 0.6 is 0 Å². The Morgan fingerprint density at radius 2 is 1.80 bits per heavy atom. The molecule has 0 fully saturated rings. The van der Waals surface area contributed by atoms with Crippen molar-refractivity contribution in [2.45, 2.75) is 13.0 Å². The Kier molecular flexibility index (Phi) is 4.35. The Balaban J connectivity index is 2.13. The minimum atomic E-state index is -0.362. The van der Waals surface area contributed by atoms with Crippen LogP contribution in [0.1, 0.15) is 28.9 Å². The second kappa shape index (κ2) is 6.19. The first-order valence-electron chi connectivity index (χ1n) is 6.31. The molecule has 0 aliphatic rings. The van der Waals surface area contributed by atoms with Crippen LogP contribution in [0.25, 0.3) is 0 Å². The zero-order valence-corrected chi connectivity index (χ0v) is 11.4. The molecular weight excluding hydrogens is 257 g/mol. The molecular formula is C16H16FNO2. The third-order valence-corrected chi connectivity index (χ3v) is 3.06. The van der Waals surface area contributed by atoms with Crippen molar-refractivity contribution in [3.63, 3.8) is 0 Å². The summed E-state index contributed by atoms with van der Waals surface area (Å²) in [5.41, 5.74) is 1.32. The van der Waals surface area contributed by atoms with Gasteiger partial charge in [-0.2, -0.15) is 0 Å². The molecule has 4 heteroatoms. The van der Waals surface area contributed by atoms with Crippen LogP contribution in [-0.2, 0) is 0 Å². The number of benzene rings is 2. The molecule has 2 rings (SSSR count). The van der Waals surface area contributed by atoms with E-state index in [0.717, 1.165) is 11.3 Å². The fourth-order valence-electron chi connectivity index (χ4n) is 1.98. The lowest BCUT2D eigenvalue weighted by molar-refractivity contribution is 0.0939. The largest absolute Gasteiger partial charge is 0.496 e. The molecule has 104 valence electrons. The maximum atomic E-state index is 12.8. The molecule has 0 heterocycles. The normalized spacial score (nSPS) is 11.8. The molecule has 2 aromatic carbocycles. The minimum Gasteiger partial charge on any atom is -0.496 e. The summed E-state index contributed by atoms with van der Waals surface area (Å²) in [4.78, 5) is 12.1. The quantitative estimate of drug-likeness (QED) is 0.928. The summed E-state index contributed by atoms with van der Waals surface area (Å²) in [6.45, 7) is 1.87. The van der Waals surface area contributed by atoms with E-state index in [9.17, 15) is 9.18 Å². The van der Waals surface area contributed by atoms with Crippen LogP contribution in [0.5, 0.6) is 5.75 Å². The molecule has 1 atom stereocenters. The van der Waals surface area contributed by atoms with Crippen LogP contribution < -0.4 is 10.1 Å². The maximum absolute atomic E-state index is 12.8. The highest BCUT2D eigenvalue weighted by atomic mass is 19.1. The summed E-state index contributed by atoms with van der Waals surface area (Å²) in [6, 6.07) is 12.7. The van der Waals surface area contributed by atoms with Crippen molar-refractivity contribution >= 4 is 5.91 Å².